The van der Waals surface area contributed by atoms with Crippen LogP contribution in [0.15, 0.2) is 88.2 Å². The molecule has 0 fully saturated rings. The van der Waals surface area contributed by atoms with Crippen molar-refractivity contribution in [1.82, 2.24) is 9.78 Å². The molecule has 0 aliphatic carbocycles. The van der Waals surface area contributed by atoms with Gasteiger partial charge in [0, 0.05) is 11.8 Å². The quantitative estimate of drug-likeness (QED) is 0.332. The molecule has 0 N–H and O–H groups in total. The van der Waals surface area contributed by atoms with E-state index in [0.29, 0.717) is 11.3 Å². The number of halogens is 2. The third-order valence-corrected chi connectivity index (χ3v) is 5.44. The lowest BCUT2D eigenvalue weighted by atomic mass is 10.0. The fourth-order valence-electron chi connectivity index (χ4n) is 3.50. The third kappa shape index (κ3) is 3.43. The first-order valence-electron chi connectivity index (χ1n) is 9.65. The number of aryl methyl sites for hydroxylation is 1. The summed E-state index contributed by atoms with van der Waals surface area (Å²) in [5, 5.41) is 4.74. The molecule has 152 valence electrons. The largest absolute Gasteiger partial charge is 0.454 e. The van der Waals surface area contributed by atoms with Crippen molar-refractivity contribution in [2.24, 2.45) is 0 Å². The van der Waals surface area contributed by atoms with Crippen LogP contribution >= 0.6 is 11.6 Å². The second-order valence-electron chi connectivity index (χ2n) is 7.25. The third-order valence-electron chi connectivity index (χ3n) is 5.10. The van der Waals surface area contributed by atoms with Gasteiger partial charge in [-0.15, -0.1) is 0 Å². The Bertz CT molecular complexity index is 1470. The molecule has 2 aromatic heterocycles. The van der Waals surface area contributed by atoms with Crippen molar-refractivity contribution in [1.29, 1.82) is 0 Å². The molecule has 5 aromatic rings. The maximum absolute atomic E-state index is 13.6. The molecule has 0 aliphatic heterocycles. The molecule has 0 radical (unpaired) electrons. The number of benzene rings is 3. The van der Waals surface area contributed by atoms with Gasteiger partial charge in [0.2, 0.25) is 5.43 Å². The molecule has 6 heteroatoms. The molecule has 3 aromatic carbocycles. The molecular formula is C25H16ClFN2O2. The van der Waals surface area contributed by atoms with Crippen molar-refractivity contribution in [3.63, 3.8) is 0 Å². The standard InChI is InChI=1S/C25H16ClFN2O2/c1-15-7-9-16(10-8-15)23-20(14-29(28-23)18-5-3-2-4-6-18)25-22(26)24(30)19-13-17(27)11-12-21(19)31-25/h2-14H,1H3. The van der Waals surface area contributed by atoms with Gasteiger partial charge in [0.25, 0.3) is 0 Å². The van der Waals surface area contributed by atoms with Crippen LogP contribution in [0.3, 0.4) is 0 Å². The maximum Gasteiger partial charge on any atom is 0.212 e. The van der Waals surface area contributed by atoms with Crippen LogP contribution < -0.4 is 5.43 Å². The van der Waals surface area contributed by atoms with E-state index in [9.17, 15) is 9.18 Å². The zero-order valence-corrected chi connectivity index (χ0v) is 17.2. The molecule has 5 rings (SSSR count). The van der Waals surface area contributed by atoms with Gasteiger partial charge in [-0.05, 0) is 37.3 Å². The Hall–Kier alpha value is -3.70. The molecule has 0 amide bonds. The van der Waals surface area contributed by atoms with Crippen molar-refractivity contribution in [3.8, 4) is 28.3 Å². The molecule has 0 atom stereocenters. The van der Waals surface area contributed by atoms with Gasteiger partial charge >= 0.3 is 0 Å². The summed E-state index contributed by atoms with van der Waals surface area (Å²) < 4.78 is 21.4. The Kier molecular flexibility index (Phi) is 4.68. The minimum atomic E-state index is -0.527. The first-order chi connectivity index (χ1) is 15.0. The van der Waals surface area contributed by atoms with Gasteiger partial charge in [0.15, 0.2) is 5.76 Å². The van der Waals surface area contributed by atoms with E-state index in [1.807, 2.05) is 61.5 Å². The van der Waals surface area contributed by atoms with Gasteiger partial charge in [-0.2, -0.15) is 5.10 Å². The van der Waals surface area contributed by atoms with Crippen LogP contribution in [-0.4, -0.2) is 9.78 Å². The van der Waals surface area contributed by atoms with Crippen LogP contribution in [0.25, 0.3) is 39.2 Å². The molecule has 2 heterocycles. The zero-order chi connectivity index (χ0) is 21.5. The highest BCUT2D eigenvalue weighted by Gasteiger charge is 2.22. The summed E-state index contributed by atoms with van der Waals surface area (Å²) in [6, 6.07) is 21.3. The molecule has 4 nitrogen and oxygen atoms in total. The van der Waals surface area contributed by atoms with Gasteiger partial charge in [-0.25, -0.2) is 9.07 Å². The highest BCUT2D eigenvalue weighted by Crippen LogP contribution is 2.36. The van der Waals surface area contributed by atoms with E-state index >= 15 is 0 Å². The van der Waals surface area contributed by atoms with Crippen molar-refractivity contribution in [2.75, 3.05) is 0 Å². The molecule has 0 saturated heterocycles. The Morgan fingerprint density at radius 2 is 1.74 bits per heavy atom. The van der Waals surface area contributed by atoms with Gasteiger partial charge in [-0.1, -0.05) is 59.6 Å². The second-order valence-corrected chi connectivity index (χ2v) is 7.63. The lowest BCUT2D eigenvalue weighted by molar-refractivity contribution is 0.609. The van der Waals surface area contributed by atoms with Crippen molar-refractivity contribution >= 4 is 22.6 Å². The zero-order valence-electron chi connectivity index (χ0n) is 16.5. The predicted octanol–water partition coefficient (Wildman–Crippen LogP) is 6.41. The minimum absolute atomic E-state index is 0.0982. The van der Waals surface area contributed by atoms with Crippen LogP contribution in [0.1, 0.15) is 5.56 Å². The number of aromatic nitrogens is 2. The van der Waals surface area contributed by atoms with Crippen LogP contribution in [0.5, 0.6) is 0 Å². The highest BCUT2D eigenvalue weighted by atomic mass is 35.5. The number of para-hydroxylation sites is 1. The summed E-state index contributed by atoms with van der Waals surface area (Å²) in [6.07, 6.45) is 1.78. The summed E-state index contributed by atoms with van der Waals surface area (Å²) in [4.78, 5) is 12.9. The first kappa shape index (κ1) is 19.3. The number of hydrogen-bond donors (Lipinski definition) is 0. The van der Waals surface area contributed by atoms with Crippen molar-refractivity contribution in [3.05, 3.63) is 106 Å². The number of nitrogens with zero attached hydrogens (tertiary/aromatic N) is 2. The van der Waals surface area contributed by atoms with Crippen LogP contribution in [0.2, 0.25) is 5.02 Å². The Morgan fingerprint density at radius 1 is 1.00 bits per heavy atom. The number of hydrogen-bond acceptors (Lipinski definition) is 3. The lowest BCUT2D eigenvalue weighted by Crippen LogP contribution is -2.04. The van der Waals surface area contributed by atoms with Crippen molar-refractivity contribution in [2.45, 2.75) is 6.92 Å². The molecule has 0 aliphatic rings. The molecular weight excluding hydrogens is 415 g/mol. The Labute approximate surface area is 182 Å². The summed E-state index contributed by atoms with van der Waals surface area (Å²) in [5.74, 6) is -0.329. The number of rotatable bonds is 3. The van der Waals surface area contributed by atoms with E-state index < -0.39 is 11.2 Å². The molecule has 31 heavy (non-hydrogen) atoms. The number of fused-ring (bicyclic) bond motifs is 1. The predicted molar refractivity (Wildman–Crippen MR) is 120 cm³/mol. The van der Waals surface area contributed by atoms with E-state index in [1.165, 1.54) is 12.1 Å². The average molecular weight is 431 g/mol. The molecule has 0 saturated carbocycles. The van der Waals surface area contributed by atoms with Gasteiger partial charge in [0.05, 0.1) is 16.6 Å². The monoisotopic (exact) mass is 430 g/mol. The smallest absolute Gasteiger partial charge is 0.212 e. The Balaban J connectivity index is 1.79. The molecule has 0 bridgehead atoms. The van der Waals surface area contributed by atoms with E-state index in [0.717, 1.165) is 22.9 Å². The first-order valence-corrected chi connectivity index (χ1v) is 10.0. The van der Waals surface area contributed by atoms with E-state index in [4.69, 9.17) is 21.1 Å². The minimum Gasteiger partial charge on any atom is -0.454 e. The Morgan fingerprint density at radius 3 is 2.48 bits per heavy atom. The second kappa shape index (κ2) is 7.52. The van der Waals surface area contributed by atoms with Crippen LogP contribution in [0, 0.1) is 12.7 Å². The van der Waals surface area contributed by atoms with E-state index in [-0.39, 0.29) is 21.8 Å². The fourth-order valence-corrected chi connectivity index (χ4v) is 3.74. The van der Waals surface area contributed by atoms with E-state index in [1.54, 1.807) is 10.9 Å². The molecule has 0 unspecified atom stereocenters. The lowest BCUT2D eigenvalue weighted by Gasteiger charge is -2.06. The summed E-state index contributed by atoms with van der Waals surface area (Å²) in [7, 11) is 0. The highest BCUT2D eigenvalue weighted by molar-refractivity contribution is 6.33. The van der Waals surface area contributed by atoms with Crippen molar-refractivity contribution < 1.29 is 8.81 Å². The molecule has 0 spiro atoms. The maximum atomic E-state index is 13.6. The average Bonchev–Trinajstić information content (AvgIpc) is 3.23. The van der Waals surface area contributed by atoms with E-state index in [2.05, 4.69) is 0 Å². The van der Waals surface area contributed by atoms with Crippen LogP contribution in [0.4, 0.5) is 4.39 Å². The fraction of sp³-hybridized carbons (Fsp3) is 0.0400. The van der Waals surface area contributed by atoms with Crippen LogP contribution in [-0.2, 0) is 0 Å². The SMILES string of the molecule is Cc1ccc(-c2nn(-c3ccccc3)cc2-c2oc3ccc(F)cc3c(=O)c2Cl)cc1. The summed E-state index contributed by atoms with van der Waals surface area (Å²) in [6.45, 7) is 2.01. The summed E-state index contributed by atoms with van der Waals surface area (Å²) in [5.41, 5.74) is 3.78. The van der Waals surface area contributed by atoms with Gasteiger partial charge in [-0.3, -0.25) is 4.79 Å². The topological polar surface area (TPSA) is 48.0 Å². The van der Waals surface area contributed by atoms with Gasteiger partial charge in [0.1, 0.15) is 22.1 Å². The van der Waals surface area contributed by atoms with Gasteiger partial charge < -0.3 is 4.42 Å². The normalized spacial score (nSPS) is 11.2. The summed E-state index contributed by atoms with van der Waals surface area (Å²) >= 11 is 6.43.